The van der Waals surface area contributed by atoms with Gasteiger partial charge in [0, 0.05) is 0 Å². The molecule has 74 valence electrons. The van der Waals surface area contributed by atoms with Gasteiger partial charge in [0.1, 0.15) is 6.04 Å². The van der Waals surface area contributed by atoms with Crippen LogP contribution in [0.4, 0.5) is 0 Å². The van der Waals surface area contributed by atoms with Crippen molar-refractivity contribution in [3.63, 3.8) is 0 Å². The fraction of sp³-hybridized carbons (Fsp3) is 0.750. The van der Waals surface area contributed by atoms with Gasteiger partial charge in [-0.05, 0) is 18.4 Å². The maximum atomic E-state index is 10.7. The van der Waals surface area contributed by atoms with Crippen molar-refractivity contribution in [2.75, 3.05) is 6.54 Å². The van der Waals surface area contributed by atoms with E-state index in [1.54, 1.807) is 0 Å². The molecule has 1 aliphatic heterocycles. The van der Waals surface area contributed by atoms with E-state index in [1.807, 2.05) is 6.92 Å². The second-order valence-electron chi connectivity index (χ2n) is 3.46. The van der Waals surface area contributed by atoms with Crippen LogP contribution < -0.4 is 5.32 Å². The summed E-state index contributed by atoms with van der Waals surface area (Å²) in [5.41, 5.74) is 0. The molecule has 0 unspecified atom stereocenters. The number of carboxylic acids is 2. The van der Waals surface area contributed by atoms with Crippen molar-refractivity contribution >= 4 is 11.9 Å². The minimum Gasteiger partial charge on any atom is -0.481 e. The number of carbonyl (C=O) groups is 2. The van der Waals surface area contributed by atoms with Crippen LogP contribution in [0.1, 0.15) is 13.3 Å². The summed E-state index contributed by atoms with van der Waals surface area (Å²) >= 11 is 0. The van der Waals surface area contributed by atoms with Crippen molar-refractivity contribution in [3.05, 3.63) is 0 Å². The molecule has 13 heavy (non-hydrogen) atoms. The molecule has 5 nitrogen and oxygen atoms in total. The zero-order valence-corrected chi connectivity index (χ0v) is 7.36. The summed E-state index contributed by atoms with van der Waals surface area (Å²) < 4.78 is 0. The van der Waals surface area contributed by atoms with Crippen LogP contribution in [-0.2, 0) is 9.59 Å². The predicted octanol–water partition coefficient (Wildman–Crippen LogP) is -0.230. The summed E-state index contributed by atoms with van der Waals surface area (Å²) in [4.78, 5) is 21.1. The summed E-state index contributed by atoms with van der Waals surface area (Å²) in [6.07, 6.45) is -0.0782. The van der Waals surface area contributed by atoms with Gasteiger partial charge in [-0.1, -0.05) is 6.92 Å². The van der Waals surface area contributed by atoms with Gasteiger partial charge in [0.2, 0.25) is 0 Å². The Balaban J connectivity index is 2.65. The molecule has 0 radical (unpaired) electrons. The van der Waals surface area contributed by atoms with Crippen LogP contribution in [0.5, 0.6) is 0 Å². The van der Waals surface area contributed by atoms with Crippen LogP contribution in [0.2, 0.25) is 0 Å². The monoisotopic (exact) mass is 187 g/mol. The normalized spacial score (nSPS) is 33.2. The zero-order chi connectivity index (χ0) is 10.0. The second kappa shape index (κ2) is 3.74. The maximum absolute atomic E-state index is 10.7. The van der Waals surface area contributed by atoms with E-state index < -0.39 is 18.0 Å². The molecular formula is C8H13NO4. The van der Waals surface area contributed by atoms with Gasteiger partial charge in [-0.25, -0.2) is 0 Å². The third-order valence-corrected chi connectivity index (χ3v) is 2.50. The zero-order valence-electron chi connectivity index (χ0n) is 7.36. The smallest absolute Gasteiger partial charge is 0.321 e. The first-order valence-electron chi connectivity index (χ1n) is 4.20. The van der Waals surface area contributed by atoms with Gasteiger partial charge in [-0.3, -0.25) is 9.59 Å². The molecule has 0 aromatic carbocycles. The highest BCUT2D eigenvalue weighted by Crippen LogP contribution is 2.25. The van der Waals surface area contributed by atoms with Crippen molar-refractivity contribution < 1.29 is 19.8 Å². The third-order valence-electron chi connectivity index (χ3n) is 2.50. The molecule has 1 saturated heterocycles. The van der Waals surface area contributed by atoms with Crippen molar-refractivity contribution in [1.82, 2.24) is 5.32 Å². The average molecular weight is 187 g/mol. The number of nitrogens with one attached hydrogen (secondary N) is 1. The van der Waals surface area contributed by atoms with E-state index in [2.05, 4.69) is 5.32 Å². The van der Waals surface area contributed by atoms with Crippen molar-refractivity contribution in [2.24, 2.45) is 11.8 Å². The summed E-state index contributed by atoms with van der Waals surface area (Å²) in [7, 11) is 0. The molecule has 3 N–H and O–H groups in total. The number of aliphatic carboxylic acids is 2. The van der Waals surface area contributed by atoms with Crippen LogP contribution in [0, 0.1) is 11.8 Å². The van der Waals surface area contributed by atoms with Gasteiger partial charge in [0.15, 0.2) is 0 Å². The molecule has 0 aliphatic carbocycles. The summed E-state index contributed by atoms with van der Waals surface area (Å²) in [5, 5.41) is 20.1. The number of hydrogen-bond donors (Lipinski definition) is 3. The average Bonchev–Trinajstić information content (AvgIpc) is 2.32. The van der Waals surface area contributed by atoms with Gasteiger partial charge in [-0.15, -0.1) is 0 Å². The topological polar surface area (TPSA) is 86.6 Å². The molecule has 0 saturated carbocycles. The van der Waals surface area contributed by atoms with Gasteiger partial charge in [0.05, 0.1) is 6.42 Å². The Labute approximate surface area is 75.7 Å². The quantitative estimate of drug-likeness (QED) is 0.568. The Hall–Kier alpha value is -1.10. The molecule has 5 heteroatoms. The van der Waals surface area contributed by atoms with Crippen LogP contribution in [0.3, 0.4) is 0 Å². The Morgan fingerprint density at radius 3 is 2.54 bits per heavy atom. The molecule has 1 rings (SSSR count). The predicted molar refractivity (Wildman–Crippen MR) is 44.3 cm³/mol. The lowest BCUT2D eigenvalue weighted by Crippen LogP contribution is -2.36. The maximum Gasteiger partial charge on any atom is 0.321 e. The number of rotatable bonds is 3. The van der Waals surface area contributed by atoms with E-state index in [-0.39, 0.29) is 18.3 Å². The second-order valence-corrected chi connectivity index (χ2v) is 3.46. The highest BCUT2D eigenvalue weighted by atomic mass is 16.4. The van der Waals surface area contributed by atoms with Crippen LogP contribution in [0.25, 0.3) is 0 Å². The van der Waals surface area contributed by atoms with Gasteiger partial charge in [-0.2, -0.15) is 0 Å². The first-order chi connectivity index (χ1) is 6.02. The third kappa shape index (κ3) is 2.18. The largest absolute Gasteiger partial charge is 0.481 e. The molecule has 0 spiro atoms. The first kappa shape index (κ1) is 9.98. The molecule has 0 aromatic rings. The Morgan fingerprint density at radius 1 is 1.46 bits per heavy atom. The molecule has 0 amide bonds. The van der Waals surface area contributed by atoms with Gasteiger partial charge < -0.3 is 15.5 Å². The molecule has 1 fully saturated rings. The number of carboxylic acid groups (broad SMARTS) is 2. The van der Waals surface area contributed by atoms with Crippen LogP contribution in [-0.4, -0.2) is 34.7 Å². The van der Waals surface area contributed by atoms with Gasteiger partial charge in [0.25, 0.3) is 0 Å². The lowest BCUT2D eigenvalue weighted by molar-refractivity contribution is -0.142. The lowest BCUT2D eigenvalue weighted by Gasteiger charge is -2.16. The van der Waals surface area contributed by atoms with Crippen molar-refractivity contribution in [2.45, 2.75) is 19.4 Å². The minimum atomic E-state index is -0.962. The Bertz CT molecular complexity index is 228. The fourth-order valence-electron chi connectivity index (χ4n) is 1.74. The highest BCUT2D eigenvalue weighted by molar-refractivity contribution is 5.76. The van der Waals surface area contributed by atoms with E-state index in [9.17, 15) is 9.59 Å². The molecular weight excluding hydrogens is 174 g/mol. The Morgan fingerprint density at radius 2 is 2.08 bits per heavy atom. The van der Waals surface area contributed by atoms with E-state index in [0.29, 0.717) is 6.54 Å². The standard InChI is InChI=1S/C8H13NO4/c1-4-3-9-7(8(12)13)5(4)2-6(10)11/h4-5,7,9H,2-3H2,1H3,(H,10,11)(H,12,13)/t4-,5+,7+/m1/s1. The number of hydrogen-bond acceptors (Lipinski definition) is 3. The molecule has 0 aromatic heterocycles. The highest BCUT2D eigenvalue weighted by Gasteiger charge is 2.38. The lowest BCUT2D eigenvalue weighted by atomic mass is 9.89. The first-order valence-corrected chi connectivity index (χ1v) is 4.20. The molecule has 1 aliphatic rings. The van der Waals surface area contributed by atoms with E-state index in [0.717, 1.165) is 0 Å². The van der Waals surface area contributed by atoms with Gasteiger partial charge >= 0.3 is 11.9 Å². The Kier molecular flexibility index (Phi) is 2.87. The SMILES string of the molecule is C[C@@H]1CN[C@H](C(=O)O)[C@H]1CC(=O)O. The van der Waals surface area contributed by atoms with Crippen molar-refractivity contribution in [3.8, 4) is 0 Å². The van der Waals surface area contributed by atoms with E-state index in [1.165, 1.54) is 0 Å². The molecule has 1 heterocycles. The van der Waals surface area contributed by atoms with Crippen LogP contribution >= 0.6 is 0 Å². The molecule has 0 bridgehead atoms. The summed E-state index contributed by atoms with van der Waals surface area (Å²) in [6.45, 7) is 2.44. The minimum absolute atomic E-state index is 0.0782. The van der Waals surface area contributed by atoms with E-state index in [4.69, 9.17) is 10.2 Å². The summed E-state index contributed by atoms with van der Waals surface area (Å²) in [6, 6.07) is -0.703. The molecule has 3 atom stereocenters. The summed E-state index contributed by atoms with van der Waals surface area (Å²) in [5.74, 6) is -2.09. The van der Waals surface area contributed by atoms with E-state index >= 15 is 0 Å². The fourth-order valence-corrected chi connectivity index (χ4v) is 1.74. The van der Waals surface area contributed by atoms with Crippen molar-refractivity contribution in [1.29, 1.82) is 0 Å². The van der Waals surface area contributed by atoms with Crippen LogP contribution in [0.15, 0.2) is 0 Å².